The van der Waals surface area contributed by atoms with Gasteiger partial charge in [-0.2, -0.15) is 0 Å². The molecule has 4 aromatic rings. The van der Waals surface area contributed by atoms with Gasteiger partial charge >= 0.3 is 5.97 Å². The van der Waals surface area contributed by atoms with E-state index in [1.54, 1.807) is 12.1 Å². The number of β-amino-alcohol motifs (C(OH)–C–C–N with tert-alkyl or cyclic N) is 1. The van der Waals surface area contributed by atoms with Crippen molar-refractivity contribution in [2.45, 2.75) is 44.2 Å². The summed E-state index contributed by atoms with van der Waals surface area (Å²) in [4.78, 5) is 22.7. The Bertz CT molecular complexity index is 1630. The number of fused-ring (bicyclic) bond motifs is 1. The van der Waals surface area contributed by atoms with Gasteiger partial charge in [0.15, 0.2) is 11.6 Å². The molecule has 1 unspecified atom stereocenters. The molecule has 0 bridgehead atoms. The van der Waals surface area contributed by atoms with Crippen molar-refractivity contribution in [3.8, 4) is 5.75 Å². The third-order valence-electron chi connectivity index (χ3n) is 7.60. The molecule has 0 amide bonds. The Kier molecular flexibility index (Phi) is 7.37. The summed E-state index contributed by atoms with van der Waals surface area (Å²) in [5.74, 6) is -1.67. The Hall–Kier alpha value is -3.64. The first-order chi connectivity index (χ1) is 19.7. The molecule has 2 aliphatic heterocycles. The van der Waals surface area contributed by atoms with E-state index in [9.17, 15) is 23.8 Å². The van der Waals surface area contributed by atoms with Gasteiger partial charge in [0.1, 0.15) is 29.5 Å². The smallest absolute Gasteiger partial charge is 0.335 e. The third kappa shape index (κ3) is 5.62. The van der Waals surface area contributed by atoms with Gasteiger partial charge in [0.2, 0.25) is 0 Å². The lowest BCUT2D eigenvalue weighted by molar-refractivity contribution is -0.0592. The molecular formula is C29H27ClF2N4O5. The van der Waals surface area contributed by atoms with Gasteiger partial charge < -0.3 is 24.3 Å². The predicted molar refractivity (Wildman–Crippen MR) is 145 cm³/mol. The number of carboxylic acids is 1. The fourth-order valence-corrected chi connectivity index (χ4v) is 5.42. The van der Waals surface area contributed by atoms with Crippen molar-refractivity contribution >= 4 is 28.6 Å². The molecule has 2 atom stereocenters. The van der Waals surface area contributed by atoms with Crippen LogP contribution in [-0.4, -0.2) is 61.4 Å². The molecule has 41 heavy (non-hydrogen) atoms. The van der Waals surface area contributed by atoms with Crippen LogP contribution < -0.4 is 4.74 Å². The highest BCUT2D eigenvalue weighted by Gasteiger charge is 2.40. The summed E-state index contributed by atoms with van der Waals surface area (Å²) >= 11 is 5.78. The number of aromatic nitrogens is 3. The summed E-state index contributed by atoms with van der Waals surface area (Å²) in [5, 5.41) is 21.2. The minimum absolute atomic E-state index is 0.0283. The highest BCUT2D eigenvalue weighted by molar-refractivity contribution is 6.30. The zero-order chi connectivity index (χ0) is 28.7. The highest BCUT2D eigenvalue weighted by atomic mass is 35.5. The standard InChI is InChI=1S/C29H27ClF2N4O5/c30-18-2-5-25(21(32)12-18)41-15-23-20(31)3-6-26(33-23)29(39)8-9-35(16-29)14-27-34-22-4-1-17(28(37)38)11-24(22)36(27)13-19-7-10-40-19/h1-6,11-12,19,39H,7-10,13-16H2,(H,37,38)/t19?,29-/m1/s1. The highest BCUT2D eigenvalue weighted by Crippen LogP contribution is 2.33. The summed E-state index contributed by atoms with van der Waals surface area (Å²) in [7, 11) is 0. The molecule has 2 aromatic carbocycles. The number of carbonyl (C=O) groups is 1. The molecule has 12 heteroatoms. The number of imidazole rings is 1. The first-order valence-corrected chi connectivity index (χ1v) is 13.6. The van der Waals surface area contributed by atoms with Crippen LogP contribution in [-0.2, 0) is 30.0 Å². The van der Waals surface area contributed by atoms with Gasteiger partial charge in [-0.15, -0.1) is 0 Å². The van der Waals surface area contributed by atoms with Gasteiger partial charge in [0.25, 0.3) is 0 Å². The maximum Gasteiger partial charge on any atom is 0.335 e. The number of rotatable bonds is 9. The Labute approximate surface area is 238 Å². The van der Waals surface area contributed by atoms with Crippen molar-refractivity contribution in [2.24, 2.45) is 0 Å². The van der Waals surface area contributed by atoms with Crippen LogP contribution in [0.25, 0.3) is 11.0 Å². The average molecular weight is 585 g/mol. The van der Waals surface area contributed by atoms with E-state index in [2.05, 4.69) is 4.98 Å². The maximum atomic E-state index is 14.6. The van der Waals surface area contributed by atoms with Gasteiger partial charge in [0.05, 0.1) is 41.5 Å². The molecule has 214 valence electrons. The molecule has 2 fully saturated rings. The Balaban J connectivity index is 1.20. The van der Waals surface area contributed by atoms with Crippen LogP contribution in [0, 0.1) is 11.6 Å². The van der Waals surface area contributed by atoms with Crippen LogP contribution in [0.15, 0.2) is 48.5 Å². The minimum atomic E-state index is -1.35. The Morgan fingerprint density at radius 1 is 1.15 bits per heavy atom. The van der Waals surface area contributed by atoms with E-state index in [-0.39, 0.29) is 41.3 Å². The van der Waals surface area contributed by atoms with Gasteiger partial charge in [-0.3, -0.25) is 4.90 Å². The second kappa shape index (κ2) is 11.0. The lowest BCUT2D eigenvalue weighted by atomic mass is 9.98. The van der Waals surface area contributed by atoms with E-state index >= 15 is 0 Å². The molecule has 0 radical (unpaired) electrons. The number of hydrogen-bond acceptors (Lipinski definition) is 7. The molecule has 2 N–H and O–H groups in total. The number of carboxylic acid groups (broad SMARTS) is 1. The fraction of sp³-hybridized carbons (Fsp3) is 0.345. The number of benzene rings is 2. The molecule has 0 spiro atoms. The topological polar surface area (TPSA) is 110 Å². The van der Waals surface area contributed by atoms with Gasteiger partial charge in [-0.1, -0.05) is 11.6 Å². The van der Waals surface area contributed by atoms with E-state index in [1.807, 2.05) is 9.47 Å². The van der Waals surface area contributed by atoms with E-state index in [4.69, 9.17) is 26.1 Å². The van der Waals surface area contributed by atoms with E-state index in [0.717, 1.165) is 18.3 Å². The SMILES string of the molecule is O=C(O)c1ccc2nc(CN3CC[C@](O)(c4ccc(F)c(COc5ccc(Cl)cc5F)n4)C3)n(CC3CCO3)c2c1. The number of likely N-dealkylation sites (tertiary alicyclic amines) is 1. The molecule has 2 aromatic heterocycles. The van der Waals surface area contributed by atoms with Crippen molar-refractivity contribution < 1.29 is 33.3 Å². The molecule has 0 aliphatic carbocycles. The van der Waals surface area contributed by atoms with Crippen molar-refractivity contribution in [3.05, 3.63) is 88.0 Å². The predicted octanol–water partition coefficient (Wildman–Crippen LogP) is 4.52. The lowest BCUT2D eigenvalue weighted by Gasteiger charge is -2.28. The Morgan fingerprint density at radius 3 is 2.71 bits per heavy atom. The lowest BCUT2D eigenvalue weighted by Crippen LogP contribution is -2.34. The summed E-state index contributed by atoms with van der Waals surface area (Å²) in [6.07, 6.45) is 1.29. The first-order valence-electron chi connectivity index (χ1n) is 13.2. The van der Waals surface area contributed by atoms with Crippen LogP contribution in [0.5, 0.6) is 5.75 Å². The molecule has 2 aliphatic rings. The zero-order valence-corrected chi connectivity index (χ0v) is 22.7. The van der Waals surface area contributed by atoms with E-state index < -0.39 is 23.2 Å². The quantitative estimate of drug-likeness (QED) is 0.295. The number of halogens is 3. The first kappa shape index (κ1) is 27.5. The average Bonchev–Trinajstić information content (AvgIpc) is 3.46. The molecule has 0 saturated carbocycles. The van der Waals surface area contributed by atoms with Crippen molar-refractivity contribution in [2.75, 3.05) is 19.7 Å². The summed E-state index contributed by atoms with van der Waals surface area (Å²) in [6.45, 7) is 2.06. The molecule has 6 rings (SSSR count). The second-order valence-corrected chi connectivity index (χ2v) is 10.8. The van der Waals surface area contributed by atoms with Gasteiger partial charge in [-0.05, 0) is 61.4 Å². The summed E-state index contributed by atoms with van der Waals surface area (Å²) in [6, 6.07) is 11.4. The van der Waals surface area contributed by atoms with Gasteiger partial charge in [-0.25, -0.2) is 23.5 Å². The fourth-order valence-electron chi connectivity index (χ4n) is 5.26. The second-order valence-electron chi connectivity index (χ2n) is 10.4. The number of pyridine rings is 1. The van der Waals surface area contributed by atoms with Crippen LogP contribution in [0.2, 0.25) is 5.02 Å². The monoisotopic (exact) mass is 584 g/mol. The van der Waals surface area contributed by atoms with Crippen LogP contribution in [0.4, 0.5) is 8.78 Å². The minimum Gasteiger partial charge on any atom is -0.484 e. The largest absolute Gasteiger partial charge is 0.484 e. The third-order valence-corrected chi connectivity index (χ3v) is 7.83. The summed E-state index contributed by atoms with van der Waals surface area (Å²) in [5.41, 5.74) is 0.460. The van der Waals surface area contributed by atoms with Crippen LogP contribution >= 0.6 is 11.6 Å². The van der Waals surface area contributed by atoms with Crippen molar-refractivity contribution in [3.63, 3.8) is 0 Å². The number of aliphatic hydroxyl groups is 1. The molecule has 4 heterocycles. The van der Waals surface area contributed by atoms with Gasteiger partial charge in [0, 0.05) is 24.7 Å². The van der Waals surface area contributed by atoms with Crippen molar-refractivity contribution in [1.29, 1.82) is 0 Å². The van der Waals surface area contributed by atoms with E-state index in [1.165, 1.54) is 30.3 Å². The zero-order valence-electron chi connectivity index (χ0n) is 21.9. The molecule has 9 nitrogen and oxygen atoms in total. The molecular weight excluding hydrogens is 558 g/mol. The maximum absolute atomic E-state index is 14.6. The van der Waals surface area contributed by atoms with Crippen LogP contribution in [0.3, 0.4) is 0 Å². The number of hydrogen-bond donors (Lipinski definition) is 2. The normalized spacial score (nSPS) is 20.8. The van der Waals surface area contributed by atoms with E-state index in [0.29, 0.717) is 49.4 Å². The Morgan fingerprint density at radius 2 is 1.98 bits per heavy atom. The summed E-state index contributed by atoms with van der Waals surface area (Å²) < 4.78 is 41.7. The number of nitrogens with zero attached hydrogens (tertiary/aromatic N) is 4. The molecule has 2 saturated heterocycles. The van der Waals surface area contributed by atoms with Crippen molar-refractivity contribution in [1.82, 2.24) is 19.4 Å². The number of aromatic carboxylic acids is 1. The van der Waals surface area contributed by atoms with Crippen LogP contribution in [0.1, 0.15) is 40.4 Å². The number of ether oxygens (including phenoxy) is 2.